The summed E-state index contributed by atoms with van der Waals surface area (Å²) in [5, 5.41) is 3.13. The highest BCUT2D eigenvalue weighted by molar-refractivity contribution is 5.80. The summed E-state index contributed by atoms with van der Waals surface area (Å²) in [6.45, 7) is 11.9. The van der Waals surface area contributed by atoms with E-state index in [1.165, 1.54) is 0 Å². The number of hydrogen-bond acceptors (Lipinski definition) is 3. The van der Waals surface area contributed by atoms with E-state index in [9.17, 15) is 4.79 Å². The minimum absolute atomic E-state index is 0.100. The van der Waals surface area contributed by atoms with Gasteiger partial charge in [-0.05, 0) is 38.5 Å². The molecule has 0 saturated heterocycles. The average Bonchev–Trinajstić information content (AvgIpc) is 2.44. The summed E-state index contributed by atoms with van der Waals surface area (Å²) in [4.78, 5) is 13.7. The lowest BCUT2D eigenvalue weighted by Gasteiger charge is -2.19. The Hall–Kier alpha value is -1.97. The van der Waals surface area contributed by atoms with Gasteiger partial charge in [0.05, 0.1) is 6.54 Å². The first-order valence-electron chi connectivity index (χ1n) is 6.95. The van der Waals surface area contributed by atoms with Gasteiger partial charge in [0.1, 0.15) is 12.4 Å². The molecule has 0 atom stereocenters. The maximum Gasteiger partial charge on any atom is 0.241 e. The van der Waals surface area contributed by atoms with Crippen molar-refractivity contribution in [1.82, 2.24) is 4.90 Å². The SMILES string of the molecule is C=C(C)COc1cccc(NCC(=O)N(CC)CC)c1. The Kier molecular flexibility index (Phi) is 6.64. The third-order valence-corrected chi connectivity index (χ3v) is 2.88. The quantitative estimate of drug-likeness (QED) is 0.742. The fraction of sp³-hybridized carbons (Fsp3) is 0.438. The molecule has 1 N–H and O–H groups in total. The van der Waals surface area contributed by atoms with Crippen molar-refractivity contribution in [3.63, 3.8) is 0 Å². The molecule has 1 aromatic rings. The first-order chi connectivity index (χ1) is 9.56. The van der Waals surface area contributed by atoms with Crippen molar-refractivity contribution in [2.24, 2.45) is 0 Å². The number of nitrogens with one attached hydrogen (secondary N) is 1. The van der Waals surface area contributed by atoms with Crippen molar-refractivity contribution >= 4 is 11.6 Å². The van der Waals surface area contributed by atoms with Crippen LogP contribution in [0.1, 0.15) is 20.8 Å². The molecule has 0 spiro atoms. The van der Waals surface area contributed by atoms with Gasteiger partial charge in [-0.25, -0.2) is 0 Å². The molecule has 4 heteroatoms. The van der Waals surface area contributed by atoms with Crippen LogP contribution in [0.2, 0.25) is 0 Å². The first-order valence-corrected chi connectivity index (χ1v) is 6.95. The Morgan fingerprint density at radius 2 is 2.05 bits per heavy atom. The van der Waals surface area contributed by atoms with Gasteiger partial charge in [0.2, 0.25) is 5.91 Å². The zero-order valence-electron chi connectivity index (χ0n) is 12.6. The summed E-state index contributed by atoms with van der Waals surface area (Å²) in [6.07, 6.45) is 0. The molecule has 0 fully saturated rings. The number of rotatable bonds is 8. The van der Waals surface area contributed by atoms with Crippen molar-refractivity contribution < 1.29 is 9.53 Å². The van der Waals surface area contributed by atoms with Crippen molar-refractivity contribution in [2.45, 2.75) is 20.8 Å². The largest absolute Gasteiger partial charge is 0.489 e. The monoisotopic (exact) mass is 276 g/mol. The molecule has 0 heterocycles. The van der Waals surface area contributed by atoms with E-state index in [1.807, 2.05) is 45.0 Å². The van der Waals surface area contributed by atoms with E-state index in [2.05, 4.69) is 11.9 Å². The standard InChI is InChI=1S/C16H24N2O2/c1-5-18(6-2)16(19)11-17-14-8-7-9-15(10-14)20-12-13(3)4/h7-10,17H,3,5-6,11-12H2,1-2,4H3. The molecule has 20 heavy (non-hydrogen) atoms. The summed E-state index contributed by atoms with van der Waals surface area (Å²) in [5.74, 6) is 0.872. The molecule has 1 aromatic carbocycles. The van der Waals surface area contributed by atoms with Crippen LogP contribution in [0.25, 0.3) is 0 Å². The summed E-state index contributed by atoms with van der Waals surface area (Å²) >= 11 is 0. The van der Waals surface area contributed by atoms with Gasteiger partial charge in [0.25, 0.3) is 0 Å². The van der Waals surface area contributed by atoms with Gasteiger partial charge in [-0.15, -0.1) is 0 Å². The van der Waals surface area contributed by atoms with Gasteiger partial charge in [0.15, 0.2) is 0 Å². The predicted molar refractivity (Wildman–Crippen MR) is 83.2 cm³/mol. The molecule has 0 bridgehead atoms. The minimum Gasteiger partial charge on any atom is -0.489 e. The molecule has 0 radical (unpaired) electrons. The second-order valence-corrected chi connectivity index (χ2v) is 4.69. The highest BCUT2D eigenvalue weighted by Gasteiger charge is 2.08. The fourth-order valence-corrected chi connectivity index (χ4v) is 1.77. The first kappa shape index (κ1) is 16.1. The molecule has 0 aliphatic heterocycles. The lowest BCUT2D eigenvalue weighted by atomic mass is 10.3. The van der Waals surface area contributed by atoms with E-state index in [1.54, 1.807) is 4.90 Å². The van der Waals surface area contributed by atoms with Crippen LogP contribution in [-0.2, 0) is 4.79 Å². The van der Waals surface area contributed by atoms with Crippen LogP contribution < -0.4 is 10.1 Å². The third kappa shape index (κ3) is 5.34. The van der Waals surface area contributed by atoms with Crippen molar-refractivity contribution in [3.8, 4) is 5.75 Å². The van der Waals surface area contributed by atoms with Gasteiger partial charge < -0.3 is 15.0 Å². The van der Waals surface area contributed by atoms with Crippen molar-refractivity contribution in [2.75, 3.05) is 31.6 Å². The molecule has 0 unspecified atom stereocenters. The number of carbonyl (C=O) groups is 1. The Morgan fingerprint density at radius 3 is 2.65 bits per heavy atom. The van der Waals surface area contributed by atoms with Gasteiger partial charge in [-0.1, -0.05) is 12.6 Å². The van der Waals surface area contributed by atoms with E-state index < -0.39 is 0 Å². The maximum absolute atomic E-state index is 11.9. The van der Waals surface area contributed by atoms with Gasteiger partial charge in [-0.3, -0.25) is 4.79 Å². The van der Waals surface area contributed by atoms with Gasteiger partial charge in [-0.2, -0.15) is 0 Å². The van der Waals surface area contributed by atoms with Crippen molar-refractivity contribution in [3.05, 3.63) is 36.4 Å². The molecule has 0 aliphatic carbocycles. The Morgan fingerprint density at radius 1 is 1.35 bits per heavy atom. The predicted octanol–water partition coefficient (Wildman–Crippen LogP) is 2.92. The zero-order chi connectivity index (χ0) is 15.0. The number of carbonyl (C=O) groups excluding carboxylic acids is 1. The molecule has 0 aliphatic rings. The number of amides is 1. The second kappa shape index (κ2) is 8.25. The van der Waals surface area contributed by atoms with Crippen molar-refractivity contribution in [1.29, 1.82) is 0 Å². The van der Waals surface area contributed by atoms with E-state index in [0.29, 0.717) is 13.2 Å². The summed E-state index contributed by atoms with van der Waals surface area (Å²) in [7, 11) is 0. The zero-order valence-corrected chi connectivity index (χ0v) is 12.6. The molecular weight excluding hydrogens is 252 g/mol. The molecule has 4 nitrogen and oxygen atoms in total. The number of hydrogen-bond donors (Lipinski definition) is 1. The smallest absolute Gasteiger partial charge is 0.241 e. The molecular formula is C16H24N2O2. The number of nitrogens with zero attached hydrogens (tertiary/aromatic N) is 1. The highest BCUT2D eigenvalue weighted by atomic mass is 16.5. The minimum atomic E-state index is 0.100. The Bertz CT molecular complexity index is 454. The molecule has 0 saturated carbocycles. The van der Waals surface area contributed by atoms with E-state index in [0.717, 1.165) is 30.1 Å². The molecule has 1 amide bonds. The van der Waals surface area contributed by atoms with Crippen LogP contribution in [0.4, 0.5) is 5.69 Å². The van der Waals surface area contributed by atoms with E-state index >= 15 is 0 Å². The average molecular weight is 276 g/mol. The van der Waals surface area contributed by atoms with Crippen LogP contribution >= 0.6 is 0 Å². The normalized spacial score (nSPS) is 9.95. The van der Waals surface area contributed by atoms with Crippen LogP contribution in [0.3, 0.4) is 0 Å². The van der Waals surface area contributed by atoms with Crippen LogP contribution in [0, 0.1) is 0 Å². The maximum atomic E-state index is 11.9. The number of benzene rings is 1. The summed E-state index contributed by atoms with van der Waals surface area (Å²) < 4.78 is 5.57. The number of likely N-dealkylation sites (N-methyl/N-ethyl adjacent to an activating group) is 1. The highest BCUT2D eigenvalue weighted by Crippen LogP contribution is 2.17. The molecule has 1 rings (SSSR count). The summed E-state index contributed by atoms with van der Waals surface area (Å²) in [5.41, 5.74) is 1.85. The van der Waals surface area contributed by atoms with Crippen LogP contribution in [0.15, 0.2) is 36.4 Å². The van der Waals surface area contributed by atoms with Gasteiger partial charge >= 0.3 is 0 Å². The van der Waals surface area contributed by atoms with Crippen LogP contribution in [-0.4, -0.2) is 37.0 Å². The van der Waals surface area contributed by atoms with Crippen LogP contribution in [0.5, 0.6) is 5.75 Å². The lowest BCUT2D eigenvalue weighted by Crippen LogP contribution is -2.35. The summed E-state index contributed by atoms with van der Waals surface area (Å²) in [6, 6.07) is 7.60. The molecule has 110 valence electrons. The third-order valence-electron chi connectivity index (χ3n) is 2.88. The Balaban J connectivity index is 2.53. The Labute approximate surface area is 121 Å². The van der Waals surface area contributed by atoms with E-state index in [-0.39, 0.29) is 5.91 Å². The number of anilines is 1. The van der Waals surface area contributed by atoms with Gasteiger partial charge in [0, 0.05) is 24.8 Å². The van der Waals surface area contributed by atoms with E-state index in [4.69, 9.17) is 4.74 Å². The second-order valence-electron chi connectivity index (χ2n) is 4.69. The molecule has 0 aromatic heterocycles. The fourth-order valence-electron chi connectivity index (χ4n) is 1.77. The topological polar surface area (TPSA) is 41.6 Å². The lowest BCUT2D eigenvalue weighted by molar-refractivity contribution is -0.128. The number of ether oxygens (including phenoxy) is 1.